The van der Waals surface area contributed by atoms with Crippen molar-refractivity contribution in [2.24, 2.45) is 0 Å². The molecule has 0 fully saturated rings. The fourth-order valence-electron chi connectivity index (χ4n) is 1.96. The van der Waals surface area contributed by atoms with Crippen LogP contribution in [-0.2, 0) is 0 Å². The molecular formula is C15H12Cl2N4O. The average molecular weight is 335 g/mol. The van der Waals surface area contributed by atoms with E-state index in [1.165, 1.54) is 0 Å². The predicted molar refractivity (Wildman–Crippen MR) is 87.5 cm³/mol. The molecule has 0 atom stereocenters. The second kappa shape index (κ2) is 5.87. The van der Waals surface area contributed by atoms with Crippen LogP contribution in [0, 0.1) is 6.92 Å². The lowest BCUT2D eigenvalue weighted by molar-refractivity contribution is 0.483. The van der Waals surface area contributed by atoms with Gasteiger partial charge in [-0.15, -0.1) is 0 Å². The third kappa shape index (κ3) is 3.00. The summed E-state index contributed by atoms with van der Waals surface area (Å²) >= 11 is 12.0. The summed E-state index contributed by atoms with van der Waals surface area (Å²) < 4.78 is 5.78. The van der Waals surface area contributed by atoms with E-state index in [-0.39, 0.29) is 0 Å². The van der Waals surface area contributed by atoms with E-state index in [0.29, 0.717) is 44.4 Å². The topological polar surface area (TPSA) is 76.8 Å². The van der Waals surface area contributed by atoms with Crippen LogP contribution in [0.1, 0.15) is 5.82 Å². The Balaban J connectivity index is 1.95. The van der Waals surface area contributed by atoms with Crippen molar-refractivity contribution in [1.82, 2.24) is 15.2 Å². The summed E-state index contributed by atoms with van der Waals surface area (Å²) in [5.41, 5.74) is 7.27. The summed E-state index contributed by atoms with van der Waals surface area (Å²) in [6.45, 7) is 1.80. The molecular weight excluding hydrogens is 323 g/mol. The summed E-state index contributed by atoms with van der Waals surface area (Å²) in [5.74, 6) is 2.32. The molecule has 0 spiro atoms. The van der Waals surface area contributed by atoms with Crippen LogP contribution < -0.4 is 10.5 Å². The van der Waals surface area contributed by atoms with Gasteiger partial charge in [-0.1, -0.05) is 23.2 Å². The molecule has 5 nitrogen and oxygen atoms in total. The number of aromatic amines is 1. The maximum atomic E-state index is 6.11. The second-order valence-electron chi connectivity index (χ2n) is 4.66. The van der Waals surface area contributed by atoms with E-state index in [4.69, 9.17) is 33.7 Å². The molecule has 0 bridgehead atoms. The Bertz CT molecular complexity index is 832. The van der Waals surface area contributed by atoms with Crippen LogP contribution in [0.25, 0.3) is 11.4 Å². The van der Waals surface area contributed by atoms with Gasteiger partial charge in [-0.05, 0) is 43.3 Å². The van der Waals surface area contributed by atoms with E-state index in [9.17, 15) is 0 Å². The molecule has 0 aliphatic rings. The first-order valence-electron chi connectivity index (χ1n) is 6.45. The van der Waals surface area contributed by atoms with Crippen molar-refractivity contribution in [2.45, 2.75) is 6.92 Å². The molecule has 0 amide bonds. The highest BCUT2D eigenvalue weighted by Crippen LogP contribution is 2.34. The number of anilines is 1. The molecule has 112 valence electrons. The Morgan fingerprint density at radius 1 is 1.14 bits per heavy atom. The van der Waals surface area contributed by atoms with Crippen LogP contribution >= 0.6 is 23.2 Å². The fourth-order valence-corrected chi connectivity index (χ4v) is 2.40. The zero-order valence-corrected chi connectivity index (χ0v) is 13.1. The molecule has 1 heterocycles. The number of hydrogen-bond donors (Lipinski definition) is 2. The van der Waals surface area contributed by atoms with Crippen LogP contribution in [0.3, 0.4) is 0 Å². The van der Waals surface area contributed by atoms with Crippen molar-refractivity contribution in [3.63, 3.8) is 0 Å². The van der Waals surface area contributed by atoms with Gasteiger partial charge in [0.05, 0.1) is 5.02 Å². The first-order valence-corrected chi connectivity index (χ1v) is 7.20. The lowest BCUT2D eigenvalue weighted by atomic mass is 10.1. The second-order valence-corrected chi connectivity index (χ2v) is 5.50. The van der Waals surface area contributed by atoms with E-state index < -0.39 is 0 Å². The number of ether oxygens (including phenoxy) is 1. The molecule has 0 radical (unpaired) electrons. The molecule has 22 heavy (non-hydrogen) atoms. The molecule has 7 heteroatoms. The molecule has 0 unspecified atom stereocenters. The maximum Gasteiger partial charge on any atom is 0.157 e. The Labute approximate surface area is 137 Å². The van der Waals surface area contributed by atoms with Gasteiger partial charge in [-0.3, -0.25) is 5.10 Å². The molecule has 2 aromatic carbocycles. The monoisotopic (exact) mass is 334 g/mol. The van der Waals surface area contributed by atoms with Crippen LogP contribution in [0.2, 0.25) is 10.0 Å². The van der Waals surface area contributed by atoms with Gasteiger partial charge >= 0.3 is 0 Å². The van der Waals surface area contributed by atoms with Gasteiger partial charge in [0.25, 0.3) is 0 Å². The van der Waals surface area contributed by atoms with Crippen molar-refractivity contribution in [1.29, 1.82) is 0 Å². The highest BCUT2D eigenvalue weighted by Gasteiger charge is 2.10. The van der Waals surface area contributed by atoms with E-state index >= 15 is 0 Å². The van der Waals surface area contributed by atoms with Gasteiger partial charge in [0.15, 0.2) is 5.82 Å². The zero-order chi connectivity index (χ0) is 15.7. The van der Waals surface area contributed by atoms with Gasteiger partial charge in [-0.25, -0.2) is 4.98 Å². The quantitative estimate of drug-likeness (QED) is 0.693. The van der Waals surface area contributed by atoms with Crippen LogP contribution in [0.4, 0.5) is 5.69 Å². The highest BCUT2D eigenvalue weighted by atomic mass is 35.5. The lowest BCUT2D eigenvalue weighted by Gasteiger charge is -2.10. The largest absolute Gasteiger partial charge is 0.456 e. The molecule has 3 N–H and O–H groups in total. The number of aryl methyl sites for hydroxylation is 1. The van der Waals surface area contributed by atoms with Crippen molar-refractivity contribution in [2.75, 3.05) is 5.73 Å². The standard InChI is InChI=1S/C15H12Cl2N4O/c1-8-19-15(21-20-8)11-7-10(3-4-13(11)18)22-14-5-2-9(16)6-12(14)17/h2-7H,18H2,1H3,(H,19,20,21). The molecule has 0 saturated heterocycles. The molecule has 3 aromatic rings. The highest BCUT2D eigenvalue weighted by molar-refractivity contribution is 6.35. The SMILES string of the molecule is Cc1n[nH]c(-c2cc(Oc3ccc(Cl)cc3Cl)ccc2N)n1. The summed E-state index contributed by atoms with van der Waals surface area (Å²) in [4.78, 5) is 4.27. The van der Waals surface area contributed by atoms with Crippen molar-refractivity contribution < 1.29 is 4.74 Å². The number of nitrogens with one attached hydrogen (secondary N) is 1. The molecule has 0 saturated carbocycles. The molecule has 0 aliphatic carbocycles. The average Bonchev–Trinajstić information content (AvgIpc) is 2.90. The summed E-state index contributed by atoms with van der Waals surface area (Å²) in [6.07, 6.45) is 0. The van der Waals surface area contributed by atoms with Crippen LogP contribution in [0.5, 0.6) is 11.5 Å². The maximum absolute atomic E-state index is 6.11. The van der Waals surface area contributed by atoms with Gasteiger partial charge in [0, 0.05) is 16.3 Å². The Hall–Kier alpha value is -2.24. The van der Waals surface area contributed by atoms with Gasteiger partial charge in [0.1, 0.15) is 17.3 Å². The Morgan fingerprint density at radius 3 is 2.64 bits per heavy atom. The number of nitrogen functional groups attached to an aromatic ring is 1. The van der Waals surface area contributed by atoms with Gasteiger partial charge in [0.2, 0.25) is 0 Å². The van der Waals surface area contributed by atoms with E-state index in [0.717, 1.165) is 0 Å². The number of rotatable bonds is 3. The predicted octanol–water partition coefficient (Wildman–Crippen LogP) is 4.46. The van der Waals surface area contributed by atoms with Crippen LogP contribution in [0.15, 0.2) is 36.4 Å². The smallest absolute Gasteiger partial charge is 0.157 e. The zero-order valence-electron chi connectivity index (χ0n) is 11.6. The summed E-state index contributed by atoms with van der Waals surface area (Å²) in [5, 5.41) is 7.82. The lowest BCUT2D eigenvalue weighted by Crippen LogP contribution is -1.93. The third-order valence-corrected chi connectivity index (χ3v) is 3.53. The number of halogens is 2. The van der Waals surface area contributed by atoms with E-state index in [2.05, 4.69) is 15.2 Å². The summed E-state index contributed by atoms with van der Waals surface area (Å²) in [6, 6.07) is 10.3. The number of H-pyrrole nitrogens is 1. The van der Waals surface area contributed by atoms with Gasteiger partial charge < -0.3 is 10.5 Å². The number of benzene rings is 2. The number of nitrogens with zero attached hydrogens (tertiary/aromatic N) is 2. The minimum atomic E-state index is 0.432. The number of aromatic nitrogens is 3. The number of hydrogen-bond acceptors (Lipinski definition) is 4. The molecule has 1 aromatic heterocycles. The minimum Gasteiger partial charge on any atom is -0.456 e. The van der Waals surface area contributed by atoms with Crippen molar-refractivity contribution in [3.8, 4) is 22.9 Å². The van der Waals surface area contributed by atoms with E-state index in [1.54, 1.807) is 43.3 Å². The van der Waals surface area contributed by atoms with Gasteiger partial charge in [-0.2, -0.15) is 5.10 Å². The normalized spacial score (nSPS) is 10.7. The first-order chi connectivity index (χ1) is 10.5. The molecule has 3 rings (SSSR count). The number of nitrogens with two attached hydrogens (primary N) is 1. The summed E-state index contributed by atoms with van der Waals surface area (Å²) in [7, 11) is 0. The van der Waals surface area contributed by atoms with Crippen molar-refractivity contribution in [3.05, 3.63) is 52.3 Å². The first kappa shape index (κ1) is 14.7. The third-order valence-electron chi connectivity index (χ3n) is 3.00. The molecule has 0 aliphatic heterocycles. The Kier molecular flexibility index (Phi) is 3.92. The van der Waals surface area contributed by atoms with Crippen molar-refractivity contribution >= 4 is 28.9 Å². The fraction of sp³-hybridized carbons (Fsp3) is 0.0667. The van der Waals surface area contributed by atoms with Crippen LogP contribution in [-0.4, -0.2) is 15.2 Å². The Morgan fingerprint density at radius 2 is 1.95 bits per heavy atom. The van der Waals surface area contributed by atoms with E-state index in [1.807, 2.05) is 0 Å². The minimum absolute atomic E-state index is 0.432.